The van der Waals surface area contributed by atoms with Gasteiger partial charge in [-0.15, -0.1) is 0 Å². The number of hydrogen-bond acceptors (Lipinski definition) is 2. The van der Waals surface area contributed by atoms with Gasteiger partial charge < -0.3 is 11.6 Å². The van der Waals surface area contributed by atoms with Gasteiger partial charge in [0, 0.05) is 5.92 Å². The van der Waals surface area contributed by atoms with E-state index in [4.69, 9.17) is 11.6 Å². The minimum Gasteiger partial charge on any atom is -0.386 e. The van der Waals surface area contributed by atoms with Gasteiger partial charge in [-0.05, 0) is 12.8 Å². The fraction of sp³-hybridized carbons (Fsp3) is 0.800. The lowest BCUT2D eigenvalue weighted by Gasteiger charge is -2.23. The second-order valence-corrected chi connectivity index (χ2v) is 2.18. The number of nitrogens with zero attached hydrogens (tertiary/aromatic N) is 1. The Morgan fingerprint density at radius 1 is 1.50 bits per heavy atom. The molecule has 1 fully saturated rings. The quantitative estimate of drug-likeness (QED) is 0.218. The van der Waals surface area contributed by atoms with Crippen LogP contribution >= 0.6 is 0 Å². The first-order valence-corrected chi connectivity index (χ1v) is 2.88. The molecule has 1 aliphatic carbocycles. The molecule has 0 saturated heterocycles. The average Bonchev–Trinajstić information content (AvgIpc) is 1.62. The van der Waals surface area contributed by atoms with Crippen molar-refractivity contribution >= 4 is 5.84 Å². The molecule has 0 atom stereocenters. The van der Waals surface area contributed by atoms with Crippen LogP contribution in [-0.4, -0.2) is 5.84 Å². The predicted octanol–water partition coefficient (Wildman–Crippen LogP) is 0.0174. The highest BCUT2D eigenvalue weighted by Gasteiger charge is 2.20. The summed E-state index contributed by atoms with van der Waals surface area (Å²) in [6.45, 7) is 0. The molecule has 0 radical (unpaired) electrons. The maximum atomic E-state index is 5.40. The van der Waals surface area contributed by atoms with E-state index < -0.39 is 0 Å². The molecule has 0 bridgehead atoms. The second-order valence-electron chi connectivity index (χ2n) is 2.18. The highest BCUT2D eigenvalue weighted by molar-refractivity contribution is 5.83. The first kappa shape index (κ1) is 5.41. The van der Waals surface area contributed by atoms with Crippen LogP contribution in [0.2, 0.25) is 0 Å². The van der Waals surface area contributed by atoms with Gasteiger partial charge in [-0.2, -0.15) is 5.10 Å². The molecule has 1 saturated carbocycles. The van der Waals surface area contributed by atoms with Crippen LogP contribution in [0.5, 0.6) is 0 Å². The highest BCUT2D eigenvalue weighted by atomic mass is 15.2. The molecule has 1 rings (SSSR count). The van der Waals surface area contributed by atoms with Crippen LogP contribution in [0.1, 0.15) is 19.3 Å². The average molecular weight is 113 g/mol. The Labute approximate surface area is 48.7 Å². The lowest BCUT2D eigenvalue weighted by molar-refractivity contribution is 0.410. The maximum Gasteiger partial charge on any atom is 0.122 e. The van der Waals surface area contributed by atoms with Gasteiger partial charge in [0.1, 0.15) is 5.84 Å². The molecule has 3 nitrogen and oxygen atoms in total. The number of amidine groups is 1. The zero-order chi connectivity index (χ0) is 5.98. The fourth-order valence-electron chi connectivity index (χ4n) is 0.809. The molecule has 1 aliphatic rings. The molecule has 4 N–H and O–H groups in total. The third-order valence-electron chi connectivity index (χ3n) is 1.67. The normalized spacial score (nSPS) is 22.8. The standard InChI is InChI=1S/C5H11N3/c6-5(8-7)4-2-1-3-4/h4H,1-3,7H2,(H2,6,8). The lowest BCUT2D eigenvalue weighted by atomic mass is 9.85. The van der Waals surface area contributed by atoms with Gasteiger partial charge in [-0.1, -0.05) is 6.42 Å². The van der Waals surface area contributed by atoms with Crippen molar-refractivity contribution in [2.24, 2.45) is 22.6 Å². The summed E-state index contributed by atoms with van der Waals surface area (Å²) in [6, 6.07) is 0. The van der Waals surface area contributed by atoms with Crippen LogP contribution in [0.25, 0.3) is 0 Å². The van der Waals surface area contributed by atoms with Gasteiger partial charge in [0.05, 0.1) is 0 Å². The molecule has 0 unspecified atom stereocenters. The molecule has 0 aromatic carbocycles. The monoisotopic (exact) mass is 113 g/mol. The summed E-state index contributed by atoms with van der Waals surface area (Å²) >= 11 is 0. The van der Waals surface area contributed by atoms with Crippen LogP contribution in [0.15, 0.2) is 5.10 Å². The van der Waals surface area contributed by atoms with E-state index in [0.29, 0.717) is 11.8 Å². The van der Waals surface area contributed by atoms with E-state index in [-0.39, 0.29) is 0 Å². The molecule has 0 aromatic rings. The Kier molecular flexibility index (Phi) is 1.37. The Balaban J connectivity index is 2.34. The van der Waals surface area contributed by atoms with Crippen molar-refractivity contribution in [3.63, 3.8) is 0 Å². The summed E-state index contributed by atoms with van der Waals surface area (Å²) in [5.74, 6) is 6.07. The van der Waals surface area contributed by atoms with Crippen molar-refractivity contribution in [3.05, 3.63) is 0 Å². The molecule has 0 spiro atoms. The Hall–Kier alpha value is -0.730. The first-order chi connectivity index (χ1) is 3.84. The van der Waals surface area contributed by atoms with Gasteiger partial charge in [0.15, 0.2) is 0 Å². The predicted molar refractivity (Wildman–Crippen MR) is 33.2 cm³/mol. The zero-order valence-electron chi connectivity index (χ0n) is 4.80. The van der Waals surface area contributed by atoms with E-state index in [1.165, 1.54) is 19.3 Å². The summed E-state index contributed by atoms with van der Waals surface area (Å²) in [4.78, 5) is 0. The highest BCUT2D eigenvalue weighted by Crippen LogP contribution is 2.25. The minimum atomic E-state index is 0.500. The molecule has 0 aromatic heterocycles. The van der Waals surface area contributed by atoms with Crippen LogP contribution in [0, 0.1) is 5.92 Å². The molecule has 46 valence electrons. The molecule has 8 heavy (non-hydrogen) atoms. The van der Waals surface area contributed by atoms with Crippen molar-refractivity contribution in [3.8, 4) is 0 Å². The van der Waals surface area contributed by atoms with Crippen LogP contribution < -0.4 is 11.6 Å². The molecule has 0 amide bonds. The SMILES string of the molecule is N/N=C(\N)C1CCC1. The third-order valence-corrected chi connectivity index (χ3v) is 1.67. The lowest BCUT2D eigenvalue weighted by Crippen LogP contribution is -2.30. The summed E-state index contributed by atoms with van der Waals surface area (Å²) < 4.78 is 0. The van der Waals surface area contributed by atoms with Gasteiger partial charge in [0.25, 0.3) is 0 Å². The van der Waals surface area contributed by atoms with Gasteiger partial charge in [-0.25, -0.2) is 0 Å². The topological polar surface area (TPSA) is 64.4 Å². The number of hydrogen-bond donors (Lipinski definition) is 2. The van der Waals surface area contributed by atoms with Crippen molar-refractivity contribution < 1.29 is 0 Å². The number of rotatable bonds is 1. The van der Waals surface area contributed by atoms with E-state index in [1.54, 1.807) is 0 Å². The van der Waals surface area contributed by atoms with Gasteiger partial charge in [0.2, 0.25) is 0 Å². The zero-order valence-corrected chi connectivity index (χ0v) is 4.80. The summed E-state index contributed by atoms with van der Waals surface area (Å²) in [5, 5.41) is 3.40. The van der Waals surface area contributed by atoms with Crippen LogP contribution in [0.4, 0.5) is 0 Å². The van der Waals surface area contributed by atoms with E-state index in [9.17, 15) is 0 Å². The van der Waals surface area contributed by atoms with Gasteiger partial charge >= 0.3 is 0 Å². The molecule has 0 heterocycles. The second kappa shape index (κ2) is 2.03. The maximum absolute atomic E-state index is 5.40. The Morgan fingerprint density at radius 3 is 2.25 bits per heavy atom. The summed E-state index contributed by atoms with van der Waals surface area (Å²) in [6.07, 6.45) is 3.62. The van der Waals surface area contributed by atoms with E-state index in [1.807, 2.05) is 0 Å². The number of nitrogens with two attached hydrogens (primary N) is 2. The summed E-state index contributed by atoms with van der Waals surface area (Å²) in [5.41, 5.74) is 5.40. The van der Waals surface area contributed by atoms with Crippen LogP contribution in [0.3, 0.4) is 0 Å². The van der Waals surface area contributed by atoms with E-state index in [0.717, 1.165) is 0 Å². The number of hydrazone groups is 1. The fourth-order valence-corrected chi connectivity index (χ4v) is 0.809. The van der Waals surface area contributed by atoms with Crippen LogP contribution in [-0.2, 0) is 0 Å². The smallest absolute Gasteiger partial charge is 0.122 e. The molecular weight excluding hydrogens is 102 g/mol. The van der Waals surface area contributed by atoms with E-state index in [2.05, 4.69) is 5.10 Å². The molecule has 3 heteroatoms. The largest absolute Gasteiger partial charge is 0.386 e. The minimum absolute atomic E-state index is 0.500. The van der Waals surface area contributed by atoms with E-state index >= 15 is 0 Å². The Bertz CT molecular complexity index is 104. The Morgan fingerprint density at radius 2 is 2.12 bits per heavy atom. The summed E-state index contributed by atoms with van der Waals surface area (Å²) in [7, 11) is 0. The molecular formula is C5H11N3. The first-order valence-electron chi connectivity index (χ1n) is 2.88. The third kappa shape index (κ3) is 0.757. The van der Waals surface area contributed by atoms with Crippen molar-refractivity contribution in [1.82, 2.24) is 0 Å². The van der Waals surface area contributed by atoms with Crippen molar-refractivity contribution in [1.29, 1.82) is 0 Å². The van der Waals surface area contributed by atoms with Crippen molar-refractivity contribution in [2.45, 2.75) is 19.3 Å². The van der Waals surface area contributed by atoms with Gasteiger partial charge in [-0.3, -0.25) is 0 Å². The van der Waals surface area contributed by atoms with Crippen molar-refractivity contribution in [2.75, 3.05) is 0 Å². The molecule has 0 aliphatic heterocycles.